The van der Waals surface area contributed by atoms with Gasteiger partial charge in [0, 0.05) is 13.3 Å². The number of nitrogens with two attached hydrogens (primary N) is 2. The summed E-state index contributed by atoms with van der Waals surface area (Å²) in [6, 6.07) is 0. The first-order valence-electron chi connectivity index (χ1n) is 4.65. The molecular formula is C10H15F3N4. The molecule has 4 N–H and O–H groups in total. The molecule has 0 bridgehead atoms. The van der Waals surface area contributed by atoms with Gasteiger partial charge in [0.2, 0.25) is 0 Å². The molecule has 0 heterocycles. The van der Waals surface area contributed by atoms with Gasteiger partial charge >= 0.3 is 6.18 Å². The van der Waals surface area contributed by atoms with Crippen LogP contribution in [0.1, 0.15) is 6.92 Å². The summed E-state index contributed by atoms with van der Waals surface area (Å²) >= 11 is 0. The highest BCUT2D eigenvalue weighted by atomic mass is 19.4. The van der Waals surface area contributed by atoms with Crippen molar-refractivity contribution < 1.29 is 13.2 Å². The second kappa shape index (κ2) is 6.19. The van der Waals surface area contributed by atoms with Crippen molar-refractivity contribution in [3.05, 3.63) is 23.9 Å². The third kappa shape index (κ3) is 6.52. The van der Waals surface area contributed by atoms with E-state index < -0.39 is 17.3 Å². The highest BCUT2D eigenvalue weighted by Crippen LogP contribution is 2.27. The number of nitrogens with zero attached hydrogens (tertiary/aromatic N) is 2. The Bertz CT molecular complexity index is 351. The summed E-state index contributed by atoms with van der Waals surface area (Å²) in [4.78, 5) is 7.20. The molecule has 0 rings (SSSR count). The summed E-state index contributed by atoms with van der Waals surface area (Å²) in [5.74, 6) is 0. The molecule has 0 aromatic carbocycles. The Hall–Kier alpha value is -1.63. The fourth-order valence-electron chi connectivity index (χ4n) is 0.961. The molecule has 0 saturated carbocycles. The maximum atomic E-state index is 12.5. The van der Waals surface area contributed by atoms with E-state index in [4.69, 9.17) is 11.5 Å². The maximum Gasteiger partial charge on any atom is 0.416 e. The molecule has 96 valence electrons. The van der Waals surface area contributed by atoms with Crippen LogP contribution in [0.2, 0.25) is 0 Å². The molecule has 0 fully saturated rings. The molecule has 0 aliphatic heterocycles. The van der Waals surface area contributed by atoms with Gasteiger partial charge in [-0.15, -0.1) is 0 Å². The van der Waals surface area contributed by atoms with Gasteiger partial charge in [0.1, 0.15) is 6.34 Å². The molecule has 0 saturated heterocycles. The third-order valence-electron chi connectivity index (χ3n) is 1.60. The molecule has 0 spiro atoms. The number of aliphatic imine (C=N–C) groups is 2. The van der Waals surface area contributed by atoms with Crippen LogP contribution >= 0.6 is 0 Å². The van der Waals surface area contributed by atoms with Crippen LogP contribution in [-0.4, -0.2) is 31.3 Å². The molecule has 1 atom stereocenters. The Labute approximate surface area is 97.6 Å². The molecule has 0 radical (unpaired) electrons. The Morgan fingerprint density at radius 3 is 2.29 bits per heavy atom. The van der Waals surface area contributed by atoms with E-state index in [1.54, 1.807) is 0 Å². The van der Waals surface area contributed by atoms with Crippen molar-refractivity contribution in [2.75, 3.05) is 7.05 Å². The summed E-state index contributed by atoms with van der Waals surface area (Å²) in [5.41, 5.74) is 8.31. The van der Waals surface area contributed by atoms with Gasteiger partial charge in [0.25, 0.3) is 0 Å². The summed E-state index contributed by atoms with van der Waals surface area (Å²) in [7, 11) is 1.49. The van der Waals surface area contributed by atoms with Crippen LogP contribution in [0, 0.1) is 0 Å². The lowest BCUT2D eigenvalue weighted by atomic mass is 10.0. The molecule has 0 aromatic rings. The zero-order chi connectivity index (χ0) is 13.5. The van der Waals surface area contributed by atoms with Crippen LogP contribution in [0.5, 0.6) is 0 Å². The second-order valence-electron chi connectivity index (χ2n) is 3.47. The van der Waals surface area contributed by atoms with E-state index in [-0.39, 0.29) is 0 Å². The smallest absolute Gasteiger partial charge is 0.405 e. The van der Waals surface area contributed by atoms with Gasteiger partial charge in [0.05, 0.1) is 11.1 Å². The highest BCUT2D eigenvalue weighted by Gasteiger charge is 2.33. The van der Waals surface area contributed by atoms with Crippen molar-refractivity contribution in [1.82, 2.24) is 0 Å². The molecule has 4 nitrogen and oxygen atoms in total. The van der Waals surface area contributed by atoms with E-state index in [0.29, 0.717) is 0 Å². The van der Waals surface area contributed by atoms with E-state index in [0.717, 1.165) is 24.6 Å². The summed E-state index contributed by atoms with van der Waals surface area (Å²) in [5, 5.41) is 0. The van der Waals surface area contributed by atoms with Gasteiger partial charge < -0.3 is 11.5 Å². The first-order chi connectivity index (χ1) is 7.73. The number of hydrogen-bond donors (Lipinski definition) is 2. The topological polar surface area (TPSA) is 76.8 Å². The van der Waals surface area contributed by atoms with Gasteiger partial charge in [-0.1, -0.05) is 0 Å². The largest absolute Gasteiger partial charge is 0.416 e. The Morgan fingerprint density at radius 2 is 1.88 bits per heavy atom. The predicted octanol–water partition coefficient (Wildman–Crippen LogP) is 1.39. The first kappa shape index (κ1) is 15.4. The number of halogens is 3. The van der Waals surface area contributed by atoms with Crippen LogP contribution < -0.4 is 11.5 Å². The Kier molecular flexibility index (Phi) is 5.60. The minimum absolute atomic E-state index is 0.743. The molecule has 17 heavy (non-hydrogen) atoms. The quantitative estimate of drug-likeness (QED) is 0.448. The van der Waals surface area contributed by atoms with Crippen molar-refractivity contribution in [1.29, 1.82) is 0 Å². The summed E-state index contributed by atoms with van der Waals surface area (Å²) in [6.07, 6.45) is 0.223. The third-order valence-corrected chi connectivity index (χ3v) is 1.60. The van der Waals surface area contributed by atoms with Crippen molar-refractivity contribution >= 4 is 12.6 Å². The van der Waals surface area contributed by atoms with Crippen LogP contribution in [-0.2, 0) is 0 Å². The van der Waals surface area contributed by atoms with Gasteiger partial charge in [-0.25, -0.2) is 4.99 Å². The number of alkyl halides is 3. The van der Waals surface area contributed by atoms with Gasteiger partial charge in [-0.2, -0.15) is 13.2 Å². The van der Waals surface area contributed by atoms with Crippen LogP contribution in [0.3, 0.4) is 0 Å². The van der Waals surface area contributed by atoms with Crippen molar-refractivity contribution in [2.45, 2.75) is 18.6 Å². The van der Waals surface area contributed by atoms with Gasteiger partial charge in [-0.3, -0.25) is 4.99 Å². The fraction of sp³-hybridized carbons (Fsp3) is 0.400. The molecule has 0 aromatic heterocycles. The molecule has 7 heteroatoms. The SMILES string of the molecule is CN=CN=CC(C)(N)/C=C(\C=C\N)C(F)(F)F. The second-order valence-corrected chi connectivity index (χ2v) is 3.47. The normalized spacial score (nSPS) is 18.4. The number of hydrogen-bond acceptors (Lipinski definition) is 3. The predicted molar refractivity (Wildman–Crippen MR) is 63.0 cm³/mol. The van der Waals surface area contributed by atoms with Crippen molar-refractivity contribution in [3.63, 3.8) is 0 Å². The zero-order valence-corrected chi connectivity index (χ0v) is 9.57. The monoisotopic (exact) mass is 248 g/mol. The van der Waals surface area contributed by atoms with Crippen LogP contribution in [0.15, 0.2) is 33.9 Å². The maximum absolute atomic E-state index is 12.5. The molecule has 0 aliphatic carbocycles. The van der Waals surface area contributed by atoms with Crippen molar-refractivity contribution in [2.24, 2.45) is 21.5 Å². The average Bonchev–Trinajstić information content (AvgIpc) is 2.15. The lowest BCUT2D eigenvalue weighted by Crippen LogP contribution is -2.37. The van der Waals surface area contributed by atoms with Crippen LogP contribution in [0.25, 0.3) is 0 Å². The minimum atomic E-state index is -4.51. The van der Waals surface area contributed by atoms with E-state index in [2.05, 4.69) is 9.98 Å². The highest BCUT2D eigenvalue weighted by molar-refractivity contribution is 5.80. The number of rotatable bonds is 4. The minimum Gasteiger partial charge on any atom is -0.405 e. The number of allylic oxidation sites excluding steroid dienone is 2. The van der Waals surface area contributed by atoms with Gasteiger partial charge in [-0.05, 0) is 25.3 Å². The zero-order valence-electron chi connectivity index (χ0n) is 9.57. The molecular weight excluding hydrogens is 233 g/mol. The average molecular weight is 248 g/mol. The molecule has 0 amide bonds. The van der Waals surface area contributed by atoms with E-state index in [1.807, 2.05) is 0 Å². The summed E-state index contributed by atoms with van der Waals surface area (Å²) < 4.78 is 37.6. The van der Waals surface area contributed by atoms with E-state index in [9.17, 15) is 13.2 Å². The van der Waals surface area contributed by atoms with Gasteiger partial charge in [0.15, 0.2) is 0 Å². The lowest BCUT2D eigenvalue weighted by Gasteiger charge is -2.17. The van der Waals surface area contributed by atoms with E-state index >= 15 is 0 Å². The Morgan fingerprint density at radius 1 is 1.29 bits per heavy atom. The lowest BCUT2D eigenvalue weighted by molar-refractivity contribution is -0.0886. The van der Waals surface area contributed by atoms with E-state index in [1.165, 1.54) is 20.3 Å². The Balaban J connectivity index is 5.17. The van der Waals surface area contributed by atoms with Crippen LogP contribution in [0.4, 0.5) is 13.2 Å². The summed E-state index contributed by atoms with van der Waals surface area (Å²) in [6.45, 7) is 1.39. The first-order valence-corrected chi connectivity index (χ1v) is 4.65. The molecule has 0 aliphatic rings. The molecule has 1 unspecified atom stereocenters. The fourth-order valence-corrected chi connectivity index (χ4v) is 0.961. The van der Waals surface area contributed by atoms with Crippen molar-refractivity contribution in [3.8, 4) is 0 Å². The standard InChI is InChI=1S/C10H15F3N4/c1-9(15,6-17-7-16-2)5-8(3-4-14)10(11,12)13/h3-7H,14-15H2,1-2H3/b4-3+,8-5+,16-7?,17-6?.